The molecule has 1 aromatic rings. The van der Waals surface area contributed by atoms with Crippen molar-refractivity contribution in [2.75, 3.05) is 0 Å². The molecule has 0 radical (unpaired) electrons. The third-order valence-electron chi connectivity index (χ3n) is 5.42. The molecule has 2 N–H and O–H groups in total. The van der Waals surface area contributed by atoms with Crippen molar-refractivity contribution in [2.24, 2.45) is 0 Å². The van der Waals surface area contributed by atoms with Crippen LogP contribution in [-0.2, 0) is 16.3 Å². The fourth-order valence-corrected chi connectivity index (χ4v) is 5.25. The second-order valence-corrected chi connectivity index (χ2v) is 11.4. The van der Waals surface area contributed by atoms with Crippen molar-refractivity contribution >= 4 is 9.84 Å². The lowest BCUT2D eigenvalue weighted by molar-refractivity contribution is 0.415. The Kier molecular flexibility index (Phi) is 6.67. The first-order valence-corrected chi connectivity index (χ1v) is 11.5. The van der Waals surface area contributed by atoms with E-state index in [1.807, 2.05) is 13.0 Å². The van der Waals surface area contributed by atoms with Gasteiger partial charge in [-0.1, -0.05) is 31.4 Å². The van der Waals surface area contributed by atoms with Crippen LogP contribution in [0.3, 0.4) is 0 Å². The zero-order valence-electron chi connectivity index (χ0n) is 17.3. The number of phenolic OH excluding ortho intramolecular Hbond substituents is 2. The van der Waals surface area contributed by atoms with Gasteiger partial charge in [0.15, 0.2) is 9.84 Å². The number of aryl methyl sites for hydroxylation is 1. The average Bonchev–Trinajstić information content (AvgIpc) is 2.53. The van der Waals surface area contributed by atoms with E-state index in [0.29, 0.717) is 17.5 Å². The number of hydrogen-bond acceptors (Lipinski definition) is 4. The van der Waals surface area contributed by atoms with Crippen LogP contribution in [0.2, 0.25) is 0 Å². The number of allylic oxidation sites excluding steroid dienone is 2. The highest BCUT2D eigenvalue weighted by Crippen LogP contribution is 2.47. The summed E-state index contributed by atoms with van der Waals surface area (Å²) in [5.74, 6) is -0.410. The topological polar surface area (TPSA) is 74.6 Å². The molecular weight excluding hydrogens is 360 g/mol. The summed E-state index contributed by atoms with van der Waals surface area (Å²) >= 11 is 0. The maximum Gasteiger partial charge on any atom is 0.187 e. The summed E-state index contributed by atoms with van der Waals surface area (Å²) in [6.07, 6.45) is 8.15. The Hall–Kier alpha value is -1.49. The van der Waals surface area contributed by atoms with E-state index in [0.717, 1.165) is 38.5 Å². The van der Waals surface area contributed by atoms with Gasteiger partial charge in [-0.15, -0.1) is 0 Å². The molecule has 1 aliphatic rings. The van der Waals surface area contributed by atoms with Gasteiger partial charge in [-0.3, -0.25) is 0 Å². The first-order valence-electron chi connectivity index (χ1n) is 10.00. The van der Waals surface area contributed by atoms with E-state index in [-0.39, 0.29) is 22.3 Å². The molecule has 0 bridgehead atoms. The van der Waals surface area contributed by atoms with Gasteiger partial charge in [-0.25, -0.2) is 8.42 Å². The Morgan fingerprint density at radius 1 is 1.19 bits per heavy atom. The minimum atomic E-state index is -3.75. The van der Waals surface area contributed by atoms with Crippen LogP contribution in [0.4, 0.5) is 0 Å². The standard InChI is InChI=1S/C22H34O4S/c1-6-7-8-11-17-14-18(23)19(16-12-9-10-15(2)13-16)20(24)21(17)27(25,26)22(3,4)5/h13-14,16,23-24H,6-12H2,1-5H3. The van der Waals surface area contributed by atoms with Crippen molar-refractivity contribution in [3.05, 3.63) is 28.8 Å². The van der Waals surface area contributed by atoms with Crippen molar-refractivity contribution in [1.29, 1.82) is 0 Å². The Balaban J connectivity index is 2.69. The Labute approximate surface area is 164 Å². The maximum atomic E-state index is 13.3. The fourth-order valence-electron chi connectivity index (χ4n) is 3.77. The van der Waals surface area contributed by atoms with Crippen LogP contribution in [0.25, 0.3) is 0 Å². The van der Waals surface area contributed by atoms with Crippen LogP contribution < -0.4 is 0 Å². The third kappa shape index (κ3) is 4.50. The number of rotatable bonds is 6. The van der Waals surface area contributed by atoms with Crippen LogP contribution in [0.5, 0.6) is 11.5 Å². The van der Waals surface area contributed by atoms with Crippen LogP contribution in [0.15, 0.2) is 22.6 Å². The Morgan fingerprint density at radius 3 is 2.41 bits per heavy atom. The zero-order valence-corrected chi connectivity index (χ0v) is 18.1. The predicted molar refractivity (Wildman–Crippen MR) is 110 cm³/mol. The minimum absolute atomic E-state index is 0.00260. The molecule has 5 heteroatoms. The van der Waals surface area contributed by atoms with Crippen molar-refractivity contribution in [3.8, 4) is 11.5 Å². The summed E-state index contributed by atoms with van der Waals surface area (Å²) in [6, 6.07) is 1.57. The van der Waals surface area contributed by atoms with Crippen LogP contribution in [-0.4, -0.2) is 23.4 Å². The average molecular weight is 395 g/mol. The molecule has 0 aromatic heterocycles. The predicted octanol–water partition coefficient (Wildman–Crippen LogP) is 5.62. The number of hydrogen-bond donors (Lipinski definition) is 2. The molecule has 2 rings (SSSR count). The van der Waals surface area contributed by atoms with Crippen LogP contribution in [0, 0.1) is 0 Å². The summed E-state index contributed by atoms with van der Waals surface area (Å²) in [4.78, 5) is 0.00975. The molecule has 27 heavy (non-hydrogen) atoms. The van der Waals surface area contributed by atoms with Crippen molar-refractivity contribution < 1.29 is 18.6 Å². The highest BCUT2D eigenvalue weighted by Gasteiger charge is 2.37. The molecule has 1 atom stereocenters. The number of aromatic hydroxyl groups is 2. The highest BCUT2D eigenvalue weighted by molar-refractivity contribution is 7.93. The third-order valence-corrected chi connectivity index (χ3v) is 8.02. The van der Waals surface area contributed by atoms with Gasteiger partial charge in [0.25, 0.3) is 0 Å². The molecule has 1 unspecified atom stereocenters. The lowest BCUT2D eigenvalue weighted by Crippen LogP contribution is -2.29. The molecule has 0 amide bonds. The van der Waals surface area contributed by atoms with Gasteiger partial charge >= 0.3 is 0 Å². The first-order chi connectivity index (χ1) is 12.5. The van der Waals surface area contributed by atoms with Gasteiger partial charge in [-0.2, -0.15) is 0 Å². The summed E-state index contributed by atoms with van der Waals surface area (Å²) in [6.45, 7) is 9.06. The maximum absolute atomic E-state index is 13.3. The molecule has 1 aromatic carbocycles. The lowest BCUT2D eigenvalue weighted by Gasteiger charge is -2.27. The van der Waals surface area contributed by atoms with Gasteiger partial charge in [-0.05, 0) is 71.4 Å². The second-order valence-electron chi connectivity index (χ2n) is 8.73. The van der Waals surface area contributed by atoms with Crippen molar-refractivity contribution in [2.45, 2.75) is 95.1 Å². The van der Waals surface area contributed by atoms with Gasteiger partial charge in [0, 0.05) is 11.5 Å². The molecule has 0 aliphatic heterocycles. The van der Waals surface area contributed by atoms with Gasteiger partial charge in [0.2, 0.25) is 0 Å². The molecule has 0 fully saturated rings. The second kappa shape index (κ2) is 8.26. The summed E-state index contributed by atoms with van der Waals surface area (Å²) in [5, 5.41) is 21.8. The monoisotopic (exact) mass is 394 g/mol. The van der Waals surface area contributed by atoms with Crippen molar-refractivity contribution in [1.82, 2.24) is 0 Å². The van der Waals surface area contributed by atoms with Gasteiger partial charge < -0.3 is 10.2 Å². The molecule has 0 saturated heterocycles. The van der Waals surface area contributed by atoms with E-state index in [9.17, 15) is 18.6 Å². The molecule has 0 heterocycles. The molecule has 4 nitrogen and oxygen atoms in total. The number of unbranched alkanes of at least 4 members (excludes halogenated alkanes) is 2. The van der Waals surface area contributed by atoms with Crippen LogP contribution >= 0.6 is 0 Å². The highest BCUT2D eigenvalue weighted by atomic mass is 32.2. The zero-order chi connectivity index (χ0) is 20.4. The number of sulfone groups is 1. The van der Waals surface area contributed by atoms with Gasteiger partial charge in [0.05, 0.1) is 4.75 Å². The normalized spacial score (nSPS) is 18.4. The molecule has 152 valence electrons. The van der Waals surface area contributed by atoms with E-state index < -0.39 is 14.6 Å². The smallest absolute Gasteiger partial charge is 0.187 e. The molecular formula is C22H34O4S. The summed E-state index contributed by atoms with van der Waals surface area (Å²) in [5.41, 5.74) is 2.09. The lowest BCUT2D eigenvalue weighted by atomic mass is 9.84. The summed E-state index contributed by atoms with van der Waals surface area (Å²) < 4.78 is 25.5. The Morgan fingerprint density at radius 2 is 1.85 bits per heavy atom. The number of benzene rings is 1. The fraction of sp³-hybridized carbons (Fsp3) is 0.636. The van der Waals surface area contributed by atoms with E-state index in [4.69, 9.17) is 0 Å². The number of phenols is 2. The van der Waals surface area contributed by atoms with Crippen molar-refractivity contribution in [3.63, 3.8) is 0 Å². The Bertz CT molecular complexity index is 814. The molecule has 0 spiro atoms. The van der Waals surface area contributed by atoms with E-state index >= 15 is 0 Å². The molecule has 1 aliphatic carbocycles. The van der Waals surface area contributed by atoms with E-state index in [1.165, 1.54) is 5.57 Å². The van der Waals surface area contributed by atoms with E-state index in [1.54, 1.807) is 26.8 Å². The van der Waals surface area contributed by atoms with Crippen LogP contribution in [0.1, 0.15) is 90.2 Å². The quantitative estimate of drug-likeness (QED) is 0.485. The largest absolute Gasteiger partial charge is 0.507 e. The van der Waals surface area contributed by atoms with E-state index in [2.05, 4.69) is 6.92 Å². The first kappa shape index (κ1) is 21.8. The van der Waals surface area contributed by atoms with Gasteiger partial charge in [0.1, 0.15) is 16.4 Å². The minimum Gasteiger partial charge on any atom is -0.507 e. The molecule has 0 saturated carbocycles. The SMILES string of the molecule is CCCCCc1cc(O)c(C2C=C(C)CCC2)c(O)c1S(=O)(=O)C(C)(C)C. The summed E-state index contributed by atoms with van der Waals surface area (Å²) in [7, 11) is -3.75.